The number of aliphatic hydroxyl groups is 1. The fourth-order valence-electron chi connectivity index (χ4n) is 3.13. The Bertz CT molecular complexity index is 187. The summed E-state index contributed by atoms with van der Waals surface area (Å²) in [5.74, 6) is 1.49. The molecule has 1 saturated carbocycles. The molecule has 17 heavy (non-hydrogen) atoms. The summed E-state index contributed by atoms with van der Waals surface area (Å²) in [7, 11) is 2.04. The van der Waals surface area contributed by atoms with E-state index in [-0.39, 0.29) is 6.10 Å². The van der Waals surface area contributed by atoms with Gasteiger partial charge in [0.1, 0.15) is 0 Å². The molecule has 1 fully saturated rings. The molecule has 0 heterocycles. The first-order chi connectivity index (χ1) is 8.11. The summed E-state index contributed by atoms with van der Waals surface area (Å²) in [5.41, 5.74) is 0. The molecule has 1 aliphatic rings. The molecule has 0 saturated heterocycles. The van der Waals surface area contributed by atoms with Gasteiger partial charge in [0.2, 0.25) is 0 Å². The second kappa shape index (κ2) is 8.10. The number of hydrogen-bond donors (Lipinski definition) is 2. The van der Waals surface area contributed by atoms with Gasteiger partial charge in [0.05, 0.1) is 6.10 Å². The van der Waals surface area contributed by atoms with Crippen LogP contribution in [-0.4, -0.2) is 24.3 Å². The standard InChI is InChI=1S/C15H31NO/c1-12(2)9-15(17)11-14(16-3)10-13-7-5-4-6-8-13/h12-17H,4-11H2,1-3H3. The molecule has 0 bridgehead atoms. The predicted molar refractivity (Wildman–Crippen MR) is 74.1 cm³/mol. The molecule has 0 spiro atoms. The molecule has 102 valence electrons. The van der Waals surface area contributed by atoms with Crippen molar-refractivity contribution < 1.29 is 5.11 Å². The number of aliphatic hydroxyl groups excluding tert-OH is 1. The summed E-state index contributed by atoms with van der Waals surface area (Å²) in [6, 6.07) is 0.506. The van der Waals surface area contributed by atoms with E-state index in [0.717, 1.165) is 18.8 Å². The Hall–Kier alpha value is -0.0800. The van der Waals surface area contributed by atoms with E-state index in [1.54, 1.807) is 0 Å². The van der Waals surface area contributed by atoms with Crippen molar-refractivity contribution in [1.82, 2.24) is 5.32 Å². The summed E-state index contributed by atoms with van der Waals surface area (Å²) in [4.78, 5) is 0. The van der Waals surface area contributed by atoms with Crippen LogP contribution in [0.15, 0.2) is 0 Å². The van der Waals surface area contributed by atoms with Crippen LogP contribution in [-0.2, 0) is 0 Å². The molecule has 0 aromatic rings. The van der Waals surface area contributed by atoms with Crippen LogP contribution in [0.5, 0.6) is 0 Å². The predicted octanol–water partition coefficient (Wildman–Crippen LogP) is 3.34. The summed E-state index contributed by atoms with van der Waals surface area (Å²) in [6.07, 6.45) is 10.0. The van der Waals surface area contributed by atoms with E-state index in [1.807, 2.05) is 7.05 Å². The smallest absolute Gasteiger partial charge is 0.0557 e. The maximum Gasteiger partial charge on any atom is 0.0557 e. The fraction of sp³-hybridized carbons (Fsp3) is 1.00. The van der Waals surface area contributed by atoms with Crippen molar-refractivity contribution in [1.29, 1.82) is 0 Å². The van der Waals surface area contributed by atoms with E-state index >= 15 is 0 Å². The summed E-state index contributed by atoms with van der Waals surface area (Å²) >= 11 is 0. The highest BCUT2D eigenvalue weighted by molar-refractivity contribution is 4.76. The van der Waals surface area contributed by atoms with Crippen LogP contribution in [0.3, 0.4) is 0 Å². The van der Waals surface area contributed by atoms with Crippen molar-refractivity contribution in [3.63, 3.8) is 0 Å². The highest BCUT2D eigenvalue weighted by Crippen LogP contribution is 2.28. The average Bonchev–Trinajstić information content (AvgIpc) is 2.28. The van der Waals surface area contributed by atoms with Crippen LogP contribution in [0.2, 0.25) is 0 Å². The van der Waals surface area contributed by atoms with Gasteiger partial charge in [-0.15, -0.1) is 0 Å². The van der Waals surface area contributed by atoms with Crippen LogP contribution in [0.1, 0.15) is 65.2 Å². The third kappa shape index (κ3) is 6.42. The molecule has 2 unspecified atom stereocenters. The highest BCUT2D eigenvalue weighted by atomic mass is 16.3. The number of nitrogens with one attached hydrogen (secondary N) is 1. The van der Waals surface area contributed by atoms with Gasteiger partial charge in [-0.05, 0) is 38.1 Å². The van der Waals surface area contributed by atoms with Gasteiger partial charge in [0.15, 0.2) is 0 Å². The molecule has 2 N–H and O–H groups in total. The first-order valence-electron chi connectivity index (χ1n) is 7.47. The zero-order valence-corrected chi connectivity index (χ0v) is 11.9. The molecule has 1 rings (SSSR count). The summed E-state index contributed by atoms with van der Waals surface area (Å²) < 4.78 is 0. The van der Waals surface area contributed by atoms with Crippen LogP contribution in [0, 0.1) is 11.8 Å². The average molecular weight is 241 g/mol. The zero-order chi connectivity index (χ0) is 12.7. The summed E-state index contributed by atoms with van der Waals surface area (Å²) in [6.45, 7) is 4.36. The van der Waals surface area contributed by atoms with Crippen LogP contribution < -0.4 is 5.32 Å². The van der Waals surface area contributed by atoms with Crippen LogP contribution >= 0.6 is 0 Å². The maximum absolute atomic E-state index is 10.0. The van der Waals surface area contributed by atoms with Crippen molar-refractivity contribution in [2.75, 3.05) is 7.05 Å². The minimum Gasteiger partial charge on any atom is -0.393 e. The molecular formula is C15H31NO. The Balaban J connectivity index is 2.26. The minimum atomic E-state index is -0.129. The van der Waals surface area contributed by atoms with Gasteiger partial charge in [-0.25, -0.2) is 0 Å². The van der Waals surface area contributed by atoms with Gasteiger partial charge in [0.25, 0.3) is 0 Å². The lowest BCUT2D eigenvalue weighted by molar-refractivity contribution is 0.120. The van der Waals surface area contributed by atoms with E-state index in [9.17, 15) is 5.11 Å². The quantitative estimate of drug-likeness (QED) is 0.716. The van der Waals surface area contributed by atoms with E-state index in [1.165, 1.54) is 38.5 Å². The molecular weight excluding hydrogens is 210 g/mol. The SMILES string of the molecule is CNC(CC(O)CC(C)C)CC1CCCCC1. The van der Waals surface area contributed by atoms with Crippen LogP contribution in [0.25, 0.3) is 0 Å². The van der Waals surface area contributed by atoms with Crippen molar-refractivity contribution in [3.8, 4) is 0 Å². The Morgan fingerprint density at radius 1 is 1.12 bits per heavy atom. The van der Waals surface area contributed by atoms with Gasteiger partial charge in [-0.3, -0.25) is 0 Å². The third-order valence-electron chi connectivity index (χ3n) is 4.05. The van der Waals surface area contributed by atoms with Gasteiger partial charge < -0.3 is 10.4 Å². The minimum absolute atomic E-state index is 0.129. The number of hydrogen-bond acceptors (Lipinski definition) is 2. The van der Waals surface area contributed by atoms with Crippen molar-refractivity contribution in [2.24, 2.45) is 11.8 Å². The van der Waals surface area contributed by atoms with E-state index in [0.29, 0.717) is 12.0 Å². The highest BCUT2D eigenvalue weighted by Gasteiger charge is 2.20. The van der Waals surface area contributed by atoms with Gasteiger partial charge in [0, 0.05) is 6.04 Å². The lowest BCUT2D eigenvalue weighted by atomic mass is 9.83. The monoisotopic (exact) mass is 241 g/mol. The summed E-state index contributed by atoms with van der Waals surface area (Å²) in [5, 5.41) is 13.4. The van der Waals surface area contributed by atoms with Gasteiger partial charge >= 0.3 is 0 Å². The van der Waals surface area contributed by atoms with Crippen molar-refractivity contribution in [3.05, 3.63) is 0 Å². The molecule has 0 amide bonds. The lowest BCUT2D eigenvalue weighted by Crippen LogP contribution is -2.32. The molecule has 2 atom stereocenters. The normalized spacial score (nSPS) is 21.7. The molecule has 2 nitrogen and oxygen atoms in total. The molecule has 2 heteroatoms. The topological polar surface area (TPSA) is 32.3 Å². The van der Waals surface area contributed by atoms with Crippen LogP contribution in [0.4, 0.5) is 0 Å². The maximum atomic E-state index is 10.0. The first-order valence-corrected chi connectivity index (χ1v) is 7.47. The largest absolute Gasteiger partial charge is 0.393 e. The Labute approximate surface area is 107 Å². The van der Waals surface area contributed by atoms with Gasteiger partial charge in [-0.2, -0.15) is 0 Å². The van der Waals surface area contributed by atoms with E-state index in [4.69, 9.17) is 0 Å². The first kappa shape index (κ1) is 15.0. The third-order valence-corrected chi connectivity index (χ3v) is 4.05. The second-order valence-electron chi connectivity index (χ2n) is 6.24. The fourth-order valence-corrected chi connectivity index (χ4v) is 3.13. The van der Waals surface area contributed by atoms with E-state index < -0.39 is 0 Å². The van der Waals surface area contributed by atoms with Crippen molar-refractivity contribution >= 4 is 0 Å². The lowest BCUT2D eigenvalue weighted by Gasteiger charge is -2.28. The number of rotatable bonds is 7. The van der Waals surface area contributed by atoms with E-state index in [2.05, 4.69) is 19.2 Å². The zero-order valence-electron chi connectivity index (χ0n) is 11.9. The molecule has 0 radical (unpaired) electrons. The molecule has 0 aromatic heterocycles. The Kier molecular flexibility index (Phi) is 7.14. The molecule has 1 aliphatic carbocycles. The second-order valence-corrected chi connectivity index (χ2v) is 6.24. The molecule has 0 aromatic carbocycles. The van der Waals surface area contributed by atoms with Gasteiger partial charge in [-0.1, -0.05) is 46.0 Å². The Morgan fingerprint density at radius 2 is 1.76 bits per heavy atom. The van der Waals surface area contributed by atoms with Crippen molar-refractivity contribution in [2.45, 2.75) is 77.4 Å². The Morgan fingerprint density at radius 3 is 2.29 bits per heavy atom. The molecule has 0 aliphatic heterocycles.